The van der Waals surface area contributed by atoms with E-state index in [2.05, 4.69) is 41.4 Å². The summed E-state index contributed by atoms with van der Waals surface area (Å²) < 4.78 is 11.1. The van der Waals surface area contributed by atoms with Gasteiger partial charge in [0, 0.05) is 31.7 Å². The van der Waals surface area contributed by atoms with Crippen molar-refractivity contribution in [3.8, 4) is 5.75 Å². The standard InChI is InChI=1S/C23H30N2O3/c1-4-27-22-9-8-21(12-17(22)2)23(26)24-14-19-6-5-7-20(13-19)16-25-10-11-28-18(3)15-25/h5-9,12-13,18H,4,10-11,14-16H2,1-3H3,(H,24,26). The zero-order valence-corrected chi connectivity index (χ0v) is 17.0. The van der Waals surface area contributed by atoms with Crippen LogP contribution in [0, 0.1) is 6.92 Å². The van der Waals surface area contributed by atoms with Gasteiger partial charge in [-0.3, -0.25) is 9.69 Å². The second-order valence-corrected chi connectivity index (χ2v) is 7.33. The number of aryl methyl sites for hydroxylation is 1. The van der Waals surface area contributed by atoms with Crippen molar-refractivity contribution in [2.75, 3.05) is 26.3 Å². The zero-order chi connectivity index (χ0) is 19.9. The van der Waals surface area contributed by atoms with Gasteiger partial charge >= 0.3 is 0 Å². The quantitative estimate of drug-likeness (QED) is 0.796. The molecule has 28 heavy (non-hydrogen) atoms. The van der Waals surface area contributed by atoms with E-state index in [1.54, 1.807) is 0 Å². The molecule has 0 spiro atoms. The van der Waals surface area contributed by atoms with Crippen molar-refractivity contribution in [3.05, 3.63) is 64.7 Å². The van der Waals surface area contributed by atoms with Crippen molar-refractivity contribution < 1.29 is 14.3 Å². The number of ether oxygens (including phenoxy) is 2. The van der Waals surface area contributed by atoms with Crippen molar-refractivity contribution in [2.24, 2.45) is 0 Å². The zero-order valence-electron chi connectivity index (χ0n) is 17.0. The summed E-state index contributed by atoms with van der Waals surface area (Å²) in [4.78, 5) is 14.9. The Hall–Kier alpha value is -2.37. The lowest BCUT2D eigenvalue weighted by atomic mass is 10.1. The average molecular weight is 383 g/mol. The smallest absolute Gasteiger partial charge is 0.251 e. The van der Waals surface area contributed by atoms with Crippen molar-refractivity contribution in [2.45, 2.75) is 40.0 Å². The van der Waals surface area contributed by atoms with Crippen molar-refractivity contribution in [3.63, 3.8) is 0 Å². The molecule has 2 aromatic rings. The van der Waals surface area contributed by atoms with Crippen molar-refractivity contribution >= 4 is 5.91 Å². The largest absolute Gasteiger partial charge is 0.494 e. The number of hydrogen-bond acceptors (Lipinski definition) is 4. The highest BCUT2D eigenvalue weighted by Gasteiger charge is 2.16. The molecule has 5 nitrogen and oxygen atoms in total. The van der Waals surface area contributed by atoms with Gasteiger partial charge in [0.1, 0.15) is 5.75 Å². The lowest BCUT2D eigenvalue weighted by Crippen LogP contribution is -2.40. The summed E-state index contributed by atoms with van der Waals surface area (Å²) in [6, 6.07) is 14.0. The molecule has 1 atom stereocenters. The summed E-state index contributed by atoms with van der Waals surface area (Å²) in [5.41, 5.74) is 3.99. The Kier molecular flexibility index (Phi) is 7.06. The minimum Gasteiger partial charge on any atom is -0.494 e. The summed E-state index contributed by atoms with van der Waals surface area (Å²) in [7, 11) is 0. The van der Waals surface area contributed by atoms with E-state index < -0.39 is 0 Å². The highest BCUT2D eigenvalue weighted by molar-refractivity contribution is 5.94. The number of nitrogens with one attached hydrogen (secondary N) is 1. The molecule has 1 amide bonds. The van der Waals surface area contributed by atoms with Crippen molar-refractivity contribution in [1.29, 1.82) is 0 Å². The number of rotatable bonds is 7. The van der Waals surface area contributed by atoms with E-state index in [4.69, 9.17) is 9.47 Å². The van der Waals surface area contributed by atoms with Gasteiger partial charge in [0.05, 0.1) is 19.3 Å². The number of nitrogens with zero attached hydrogens (tertiary/aromatic N) is 1. The predicted octanol–water partition coefficient (Wildman–Crippen LogP) is 3.54. The van der Waals surface area contributed by atoms with Crippen LogP contribution >= 0.6 is 0 Å². The molecule has 0 bridgehead atoms. The van der Waals surface area contributed by atoms with Gasteiger partial charge in [-0.15, -0.1) is 0 Å². The topological polar surface area (TPSA) is 50.8 Å². The van der Waals surface area contributed by atoms with E-state index >= 15 is 0 Å². The van der Waals surface area contributed by atoms with Gasteiger partial charge < -0.3 is 14.8 Å². The van der Waals surface area contributed by atoms with Crippen LogP contribution < -0.4 is 10.1 Å². The van der Waals surface area contributed by atoms with Crippen molar-refractivity contribution in [1.82, 2.24) is 10.2 Å². The highest BCUT2D eigenvalue weighted by atomic mass is 16.5. The third-order valence-corrected chi connectivity index (χ3v) is 4.91. The molecule has 5 heteroatoms. The second kappa shape index (κ2) is 9.71. The van der Waals surface area contributed by atoms with Crippen LogP contribution in [0.25, 0.3) is 0 Å². The molecule has 1 unspecified atom stereocenters. The van der Waals surface area contributed by atoms with Gasteiger partial charge in [-0.1, -0.05) is 24.3 Å². The maximum atomic E-state index is 12.5. The molecule has 1 saturated heterocycles. The first kappa shape index (κ1) is 20.4. The number of carbonyl (C=O) groups is 1. The number of morpholine rings is 1. The van der Waals surface area contributed by atoms with Crippen LogP contribution in [0.3, 0.4) is 0 Å². The molecule has 0 saturated carbocycles. The molecular formula is C23H30N2O3. The second-order valence-electron chi connectivity index (χ2n) is 7.33. The molecule has 0 aliphatic carbocycles. The Labute approximate surface area is 167 Å². The van der Waals surface area contributed by atoms with Gasteiger partial charge in [0.2, 0.25) is 0 Å². The first-order valence-corrected chi connectivity index (χ1v) is 9.98. The van der Waals surface area contributed by atoms with Crippen LogP contribution in [-0.4, -0.2) is 43.2 Å². The molecule has 1 aliphatic rings. The van der Waals surface area contributed by atoms with Gasteiger partial charge in [0.25, 0.3) is 5.91 Å². The van der Waals surface area contributed by atoms with E-state index in [-0.39, 0.29) is 12.0 Å². The third-order valence-electron chi connectivity index (χ3n) is 4.91. The molecule has 1 N–H and O–H groups in total. The van der Waals surface area contributed by atoms with E-state index in [1.807, 2.05) is 32.0 Å². The lowest BCUT2D eigenvalue weighted by Gasteiger charge is -2.31. The summed E-state index contributed by atoms with van der Waals surface area (Å²) in [5, 5.41) is 3.02. The van der Waals surface area contributed by atoms with Crippen LogP contribution in [0.1, 0.15) is 40.9 Å². The lowest BCUT2D eigenvalue weighted by molar-refractivity contribution is -0.0212. The summed E-state index contributed by atoms with van der Waals surface area (Å²) in [5.74, 6) is 0.753. The number of amides is 1. The van der Waals surface area contributed by atoms with E-state index in [1.165, 1.54) is 5.56 Å². The molecule has 0 radical (unpaired) electrons. The van der Waals surface area contributed by atoms with Gasteiger partial charge in [-0.05, 0) is 55.7 Å². The van der Waals surface area contributed by atoms with E-state index in [0.29, 0.717) is 18.7 Å². The maximum absolute atomic E-state index is 12.5. The Balaban J connectivity index is 1.57. The maximum Gasteiger partial charge on any atom is 0.251 e. The number of hydrogen-bond donors (Lipinski definition) is 1. The number of benzene rings is 2. The summed E-state index contributed by atoms with van der Waals surface area (Å²) in [6.07, 6.45) is 0.286. The van der Waals surface area contributed by atoms with E-state index in [0.717, 1.165) is 43.1 Å². The highest BCUT2D eigenvalue weighted by Crippen LogP contribution is 2.19. The number of carbonyl (C=O) groups excluding carboxylic acids is 1. The monoisotopic (exact) mass is 382 g/mol. The summed E-state index contributed by atoms with van der Waals surface area (Å²) >= 11 is 0. The van der Waals surface area contributed by atoms with Crippen LogP contribution in [0.15, 0.2) is 42.5 Å². The molecule has 150 valence electrons. The van der Waals surface area contributed by atoms with Gasteiger partial charge in [-0.25, -0.2) is 0 Å². The molecule has 2 aromatic carbocycles. The molecule has 3 rings (SSSR count). The first-order valence-electron chi connectivity index (χ1n) is 9.98. The predicted molar refractivity (Wildman–Crippen MR) is 111 cm³/mol. The van der Waals surface area contributed by atoms with Crippen LogP contribution in [0.4, 0.5) is 0 Å². The fourth-order valence-electron chi connectivity index (χ4n) is 3.52. The Morgan fingerprint density at radius 1 is 1.25 bits per heavy atom. The van der Waals surface area contributed by atoms with Gasteiger partial charge in [-0.2, -0.15) is 0 Å². The minimum atomic E-state index is -0.0708. The fourth-order valence-corrected chi connectivity index (χ4v) is 3.52. The molecule has 1 fully saturated rings. The van der Waals surface area contributed by atoms with Gasteiger partial charge in [0.15, 0.2) is 0 Å². The molecular weight excluding hydrogens is 352 g/mol. The normalized spacial score (nSPS) is 17.3. The Morgan fingerprint density at radius 3 is 2.82 bits per heavy atom. The Bertz CT molecular complexity index is 806. The van der Waals surface area contributed by atoms with Crippen LogP contribution in [-0.2, 0) is 17.8 Å². The van der Waals surface area contributed by atoms with Crippen LogP contribution in [0.5, 0.6) is 5.75 Å². The van der Waals surface area contributed by atoms with E-state index in [9.17, 15) is 4.79 Å². The fraction of sp³-hybridized carbons (Fsp3) is 0.435. The van der Waals surface area contributed by atoms with Crippen LogP contribution in [0.2, 0.25) is 0 Å². The molecule has 1 aliphatic heterocycles. The third kappa shape index (κ3) is 5.57. The summed E-state index contributed by atoms with van der Waals surface area (Å²) in [6.45, 7) is 10.8. The average Bonchev–Trinajstić information content (AvgIpc) is 2.68. The Morgan fingerprint density at radius 2 is 2.07 bits per heavy atom. The minimum absolute atomic E-state index is 0.0708. The first-order chi connectivity index (χ1) is 13.5. The molecule has 1 heterocycles. The SMILES string of the molecule is CCOc1ccc(C(=O)NCc2cccc(CN3CCOC(C)C3)c2)cc1C. The molecule has 0 aromatic heterocycles.